The molecule has 110 valence electrons. The molecule has 0 unspecified atom stereocenters. The Morgan fingerprint density at radius 1 is 1.05 bits per heavy atom. The third-order valence-corrected chi connectivity index (χ3v) is 3.33. The molecule has 0 atom stereocenters. The Bertz CT molecular complexity index is 821. The fourth-order valence-electron chi connectivity index (χ4n) is 2.22. The molecule has 3 rings (SSSR count). The van der Waals surface area contributed by atoms with Crippen LogP contribution >= 0.6 is 0 Å². The molecular formula is C17H14FN3O. The zero-order chi connectivity index (χ0) is 15.5. The molecule has 1 aromatic carbocycles. The maximum absolute atomic E-state index is 13.5. The normalized spacial score (nSPS) is 10.5. The number of nitrogens with zero attached hydrogens (tertiary/aromatic N) is 3. The van der Waals surface area contributed by atoms with E-state index in [1.54, 1.807) is 37.5 Å². The SMILES string of the molecule is COc1nccc(-c2cccnc2-c2ccc(F)c(C)c2)n1. The topological polar surface area (TPSA) is 47.9 Å². The fourth-order valence-corrected chi connectivity index (χ4v) is 2.22. The quantitative estimate of drug-likeness (QED) is 0.740. The van der Waals surface area contributed by atoms with Crippen LogP contribution in [0.25, 0.3) is 22.5 Å². The Labute approximate surface area is 127 Å². The summed E-state index contributed by atoms with van der Waals surface area (Å²) in [5.41, 5.74) is 3.71. The predicted molar refractivity (Wildman–Crippen MR) is 81.9 cm³/mol. The van der Waals surface area contributed by atoms with Crippen LogP contribution in [0.5, 0.6) is 6.01 Å². The molecule has 0 amide bonds. The first-order chi connectivity index (χ1) is 10.7. The molecule has 0 aliphatic heterocycles. The van der Waals surface area contributed by atoms with Crippen molar-refractivity contribution in [3.63, 3.8) is 0 Å². The fraction of sp³-hybridized carbons (Fsp3) is 0.118. The van der Waals surface area contributed by atoms with Crippen molar-refractivity contribution in [2.75, 3.05) is 7.11 Å². The molecule has 3 aromatic rings. The minimum atomic E-state index is -0.232. The number of halogens is 1. The molecule has 5 heteroatoms. The lowest BCUT2D eigenvalue weighted by Crippen LogP contribution is -1.96. The summed E-state index contributed by atoms with van der Waals surface area (Å²) in [6.45, 7) is 1.73. The van der Waals surface area contributed by atoms with E-state index in [0.29, 0.717) is 17.3 Å². The van der Waals surface area contributed by atoms with E-state index in [1.807, 2.05) is 12.1 Å². The minimum Gasteiger partial charge on any atom is -0.467 e. The van der Waals surface area contributed by atoms with Crippen molar-refractivity contribution in [3.8, 4) is 28.5 Å². The van der Waals surface area contributed by atoms with Crippen LogP contribution in [0.3, 0.4) is 0 Å². The van der Waals surface area contributed by atoms with Crippen molar-refractivity contribution in [2.24, 2.45) is 0 Å². The van der Waals surface area contributed by atoms with E-state index in [2.05, 4.69) is 15.0 Å². The lowest BCUT2D eigenvalue weighted by Gasteiger charge is -2.09. The summed E-state index contributed by atoms with van der Waals surface area (Å²) in [7, 11) is 1.52. The van der Waals surface area contributed by atoms with E-state index in [4.69, 9.17) is 4.74 Å². The molecule has 2 heterocycles. The van der Waals surface area contributed by atoms with Gasteiger partial charge in [0.15, 0.2) is 0 Å². The molecule has 0 bridgehead atoms. The summed E-state index contributed by atoms with van der Waals surface area (Å²) < 4.78 is 18.5. The van der Waals surface area contributed by atoms with Gasteiger partial charge in [0, 0.05) is 23.5 Å². The number of hydrogen-bond donors (Lipinski definition) is 0. The predicted octanol–water partition coefficient (Wildman–Crippen LogP) is 3.66. The van der Waals surface area contributed by atoms with Crippen molar-refractivity contribution in [1.29, 1.82) is 0 Å². The summed E-state index contributed by atoms with van der Waals surface area (Å²) in [6, 6.07) is 10.8. The van der Waals surface area contributed by atoms with Gasteiger partial charge in [0.1, 0.15) is 5.82 Å². The second-order valence-corrected chi connectivity index (χ2v) is 4.79. The number of aryl methyl sites for hydroxylation is 1. The van der Waals surface area contributed by atoms with Gasteiger partial charge in [-0.1, -0.05) is 0 Å². The highest BCUT2D eigenvalue weighted by Crippen LogP contribution is 2.30. The molecule has 2 aromatic heterocycles. The standard InChI is InChI=1S/C17H14FN3O/c1-11-10-12(5-6-14(11)18)16-13(4-3-8-19-16)15-7-9-20-17(21-15)22-2/h3-10H,1-2H3. The minimum absolute atomic E-state index is 0.232. The van der Waals surface area contributed by atoms with Crippen LogP contribution in [0, 0.1) is 12.7 Å². The zero-order valence-corrected chi connectivity index (χ0v) is 12.2. The maximum Gasteiger partial charge on any atom is 0.316 e. The summed E-state index contributed by atoms with van der Waals surface area (Å²) in [4.78, 5) is 12.8. The second kappa shape index (κ2) is 5.89. The Morgan fingerprint density at radius 2 is 1.91 bits per heavy atom. The first-order valence-corrected chi connectivity index (χ1v) is 6.78. The number of hydrogen-bond acceptors (Lipinski definition) is 4. The van der Waals surface area contributed by atoms with Crippen LogP contribution < -0.4 is 4.74 Å². The van der Waals surface area contributed by atoms with Gasteiger partial charge in [0.25, 0.3) is 0 Å². The average molecular weight is 295 g/mol. The van der Waals surface area contributed by atoms with Crippen molar-refractivity contribution in [3.05, 3.63) is 60.2 Å². The first-order valence-electron chi connectivity index (χ1n) is 6.78. The van der Waals surface area contributed by atoms with Crippen molar-refractivity contribution in [2.45, 2.75) is 6.92 Å². The lowest BCUT2D eigenvalue weighted by molar-refractivity contribution is 0.380. The molecule has 22 heavy (non-hydrogen) atoms. The third kappa shape index (κ3) is 2.65. The molecule has 0 fully saturated rings. The third-order valence-electron chi connectivity index (χ3n) is 3.33. The molecule has 4 nitrogen and oxygen atoms in total. The Balaban J connectivity index is 2.15. The van der Waals surface area contributed by atoms with Gasteiger partial charge >= 0.3 is 6.01 Å². The van der Waals surface area contributed by atoms with Gasteiger partial charge in [-0.3, -0.25) is 4.98 Å². The Morgan fingerprint density at radius 3 is 2.68 bits per heavy atom. The van der Waals surface area contributed by atoms with Crippen LogP contribution in [0.2, 0.25) is 0 Å². The van der Waals surface area contributed by atoms with Gasteiger partial charge < -0.3 is 4.74 Å². The summed E-state index contributed by atoms with van der Waals surface area (Å²) in [6.07, 6.45) is 3.34. The average Bonchev–Trinajstić information content (AvgIpc) is 2.57. The number of rotatable bonds is 3. The van der Waals surface area contributed by atoms with Crippen LogP contribution in [0.1, 0.15) is 5.56 Å². The van der Waals surface area contributed by atoms with Gasteiger partial charge in [0.05, 0.1) is 18.5 Å². The van der Waals surface area contributed by atoms with E-state index in [0.717, 1.165) is 16.8 Å². The van der Waals surface area contributed by atoms with Crippen molar-refractivity contribution in [1.82, 2.24) is 15.0 Å². The molecule has 0 saturated carbocycles. The Hall–Kier alpha value is -2.82. The molecule has 0 saturated heterocycles. The first kappa shape index (κ1) is 14.1. The van der Waals surface area contributed by atoms with Gasteiger partial charge in [-0.15, -0.1) is 0 Å². The van der Waals surface area contributed by atoms with E-state index in [-0.39, 0.29) is 5.82 Å². The van der Waals surface area contributed by atoms with Gasteiger partial charge in [-0.2, -0.15) is 4.98 Å². The van der Waals surface area contributed by atoms with Crippen LogP contribution in [-0.2, 0) is 0 Å². The molecule has 0 radical (unpaired) electrons. The van der Waals surface area contributed by atoms with E-state index in [1.165, 1.54) is 13.2 Å². The smallest absolute Gasteiger partial charge is 0.316 e. The monoisotopic (exact) mass is 295 g/mol. The van der Waals surface area contributed by atoms with Crippen LogP contribution in [-0.4, -0.2) is 22.1 Å². The van der Waals surface area contributed by atoms with Crippen LogP contribution in [0.4, 0.5) is 4.39 Å². The summed E-state index contributed by atoms with van der Waals surface area (Å²) in [5, 5.41) is 0. The lowest BCUT2D eigenvalue weighted by atomic mass is 10.0. The molecule has 0 N–H and O–H groups in total. The number of pyridine rings is 1. The zero-order valence-electron chi connectivity index (χ0n) is 12.2. The largest absolute Gasteiger partial charge is 0.467 e. The second-order valence-electron chi connectivity index (χ2n) is 4.79. The molecular weight excluding hydrogens is 281 g/mol. The van der Waals surface area contributed by atoms with Crippen LogP contribution in [0.15, 0.2) is 48.8 Å². The highest BCUT2D eigenvalue weighted by atomic mass is 19.1. The Kier molecular flexibility index (Phi) is 3.78. The molecule has 0 aliphatic rings. The van der Waals surface area contributed by atoms with Gasteiger partial charge in [-0.05, 0) is 48.9 Å². The highest BCUT2D eigenvalue weighted by molar-refractivity contribution is 5.79. The highest BCUT2D eigenvalue weighted by Gasteiger charge is 2.12. The number of aromatic nitrogens is 3. The summed E-state index contributed by atoms with van der Waals surface area (Å²) in [5.74, 6) is -0.232. The molecule has 0 aliphatic carbocycles. The number of ether oxygens (including phenoxy) is 1. The van der Waals surface area contributed by atoms with E-state index >= 15 is 0 Å². The number of benzene rings is 1. The number of methoxy groups -OCH3 is 1. The van der Waals surface area contributed by atoms with Crippen molar-refractivity contribution >= 4 is 0 Å². The molecule has 0 spiro atoms. The van der Waals surface area contributed by atoms with Gasteiger partial charge in [0.2, 0.25) is 0 Å². The van der Waals surface area contributed by atoms with Gasteiger partial charge in [-0.25, -0.2) is 9.37 Å². The van der Waals surface area contributed by atoms with Crippen molar-refractivity contribution < 1.29 is 9.13 Å². The van der Waals surface area contributed by atoms with E-state index < -0.39 is 0 Å². The maximum atomic E-state index is 13.5. The summed E-state index contributed by atoms with van der Waals surface area (Å²) >= 11 is 0. The van der Waals surface area contributed by atoms with E-state index in [9.17, 15) is 4.39 Å².